The Hall–Kier alpha value is -2.66. The van der Waals surface area contributed by atoms with Gasteiger partial charge in [0.2, 0.25) is 0 Å². The Morgan fingerprint density at radius 2 is 1.67 bits per heavy atom. The maximum atomic E-state index is 11.4. The summed E-state index contributed by atoms with van der Waals surface area (Å²) in [7, 11) is 0. The van der Waals surface area contributed by atoms with Gasteiger partial charge in [-0.1, -0.05) is 23.7 Å². The zero-order valence-electron chi connectivity index (χ0n) is 10.7. The summed E-state index contributed by atoms with van der Waals surface area (Å²) in [6, 6.07) is 12.1. The van der Waals surface area contributed by atoms with Gasteiger partial charge in [0.05, 0.1) is 10.5 Å². The van der Waals surface area contributed by atoms with Crippen LogP contribution in [0, 0.1) is 10.1 Å². The van der Waals surface area contributed by atoms with Gasteiger partial charge in [0.25, 0.3) is 5.69 Å². The van der Waals surface area contributed by atoms with Crippen molar-refractivity contribution in [1.82, 2.24) is 0 Å². The molecule has 0 unspecified atom stereocenters. The quantitative estimate of drug-likeness (QED) is 0.402. The highest BCUT2D eigenvalue weighted by Gasteiger charge is 2.11. The molecule has 0 aliphatic carbocycles. The zero-order valence-corrected chi connectivity index (χ0v) is 11.4. The van der Waals surface area contributed by atoms with Gasteiger partial charge in [-0.3, -0.25) is 10.1 Å². The first-order valence-electron chi connectivity index (χ1n) is 5.93. The largest absolute Gasteiger partial charge is 0.478 e. The number of nitro benzene ring substituents is 1. The standard InChI is InChI=1S/C15H10ClNO4/c16-12-5-3-11(4-6-12)14(15(18)19)9-10-1-7-13(8-2-10)17(20)21/h1-9H,(H,18,19)/b14-9-. The van der Waals surface area contributed by atoms with Crippen LogP contribution in [0.25, 0.3) is 11.6 Å². The number of nitrogens with zero attached hydrogens (tertiary/aromatic N) is 1. The van der Waals surface area contributed by atoms with Gasteiger partial charge in [0, 0.05) is 17.2 Å². The van der Waals surface area contributed by atoms with Gasteiger partial charge in [0.15, 0.2) is 0 Å². The average molecular weight is 304 g/mol. The Labute approximate surface area is 125 Å². The molecule has 0 fully saturated rings. The highest BCUT2D eigenvalue weighted by atomic mass is 35.5. The number of halogens is 1. The number of aliphatic carboxylic acids is 1. The van der Waals surface area contributed by atoms with Crippen LogP contribution in [0.2, 0.25) is 5.02 Å². The molecule has 0 aromatic heterocycles. The van der Waals surface area contributed by atoms with Crippen molar-refractivity contribution in [3.8, 4) is 0 Å². The minimum absolute atomic E-state index is 0.0458. The second-order valence-corrected chi connectivity index (χ2v) is 4.66. The van der Waals surface area contributed by atoms with Crippen LogP contribution < -0.4 is 0 Å². The van der Waals surface area contributed by atoms with Crippen LogP contribution in [0.1, 0.15) is 11.1 Å². The molecule has 0 aliphatic heterocycles. The third-order valence-corrected chi connectivity index (χ3v) is 3.05. The van der Waals surface area contributed by atoms with Gasteiger partial charge in [-0.2, -0.15) is 0 Å². The molecule has 2 aromatic rings. The number of nitro groups is 1. The van der Waals surface area contributed by atoms with Gasteiger partial charge in [-0.15, -0.1) is 0 Å². The third kappa shape index (κ3) is 3.67. The predicted octanol–water partition coefficient (Wildman–Crippen LogP) is 3.87. The Balaban J connectivity index is 2.40. The van der Waals surface area contributed by atoms with Crippen molar-refractivity contribution in [2.45, 2.75) is 0 Å². The molecule has 0 spiro atoms. The number of rotatable bonds is 4. The van der Waals surface area contributed by atoms with Gasteiger partial charge in [0.1, 0.15) is 0 Å². The normalized spacial score (nSPS) is 11.2. The van der Waals surface area contributed by atoms with E-state index in [-0.39, 0.29) is 11.3 Å². The van der Waals surface area contributed by atoms with Crippen LogP contribution in [0.15, 0.2) is 48.5 Å². The fourth-order valence-corrected chi connectivity index (χ4v) is 1.88. The summed E-state index contributed by atoms with van der Waals surface area (Å²) < 4.78 is 0. The molecular weight excluding hydrogens is 294 g/mol. The zero-order chi connectivity index (χ0) is 15.4. The van der Waals surface area contributed by atoms with Crippen LogP contribution in [0.4, 0.5) is 5.69 Å². The lowest BCUT2D eigenvalue weighted by atomic mass is 10.0. The van der Waals surface area contributed by atoms with Gasteiger partial charge >= 0.3 is 5.97 Å². The van der Waals surface area contributed by atoms with E-state index in [1.54, 1.807) is 24.3 Å². The van der Waals surface area contributed by atoms with E-state index in [4.69, 9.17) is 11.6 Å². The van der Waals surface area contributed by atoms with Crippen LogP contribution in [0.3, 0.4) is 0 Å². The first-order valence-corrected chi connectivity index (χ1v) is 6.30. The molecule has 2 aromatic carbocycles. The summed E-state index contributed by atoms with van der Waals surface area (Å²) in [4.78, 5) is 21.4. The molecule has 0 bridgehead atoms. The van der Waals surface area contributed by atoms with E-state index in [0.29, 0.717) is 16.1 Å². The highest BCUT2D eigenvalue weighted by Crippen LogP contribution is 2.22. The fraction of sp³-hybridized carbons (Fsp3) is 0. The number of carboxylic acids is 1. The first-order chi connectivity index (χ1) is 9.97. The molecule has 0 saturated carbocycles. The maximum absolute atomic E-state index is 11.4. The van der Waals surface area contributed by atoms with Gasteiger partial charge in [-0.05, 0) is 41.5 Å². The third-order valence-electron chi connectivity index (χ3n) is 2.80. The lowest BCUT2D eigenvalue weighted by molar-refractivity contribution is -0.384. The fourth-order valence-electron chi connectivity index (χ4n) is 1.76. The van der Waals surface area contributed by atoms with E-state index < -0.39 is 10.9 Å². The summed E-state index contributed by atoms with van der Waals surface area (Å²) in [5, 5.41) is 20.4. The van der Waals surface area contributed by atoms with E-state index in [0.717, 1.165) is 0 Å². The smallest absolute Gasteiger partial charge is 0.336 e. The molecule has 21 heavy (non-hydrogen) atoms. The molecular formula is C15H10ClNO4. The number of carboxylic acid groups (broad SMARTS) is 1. The average Bonchev–Trinajstić information content (AvgIpc) is 2.46. The Kier molecular flexibility index (Phi) is 4.35. The van der Waals surface area contributed by atoms with E-state index >= 15 is 0 Å². The van der Waals surface area contributed by atoms with Crippen molar-refractivity contribution in [3.05, 3.63) is 74.8 Å². The summed E-state index contributed by atoms with van der Waals surface area (Å²) in [6.45, 7) is 0. The predicted molar refractivity (Wildman–Crippen MR) is 80.1 cm³/mol. The van der Waals surface area contributed by atoms with Crippen molar-refractivity contribution in [2.24, 2.45) is 0 Å². The molecule has 5 nitrogen and oxygen atoms in total. The highest BCUT2D eigenvalue weighted by molar-refractivity contribution is 6.30. The SMILES string of the molecule is O=C(O)/C(=C\c1ccc([N+](=O)[O-])cc1)c1ccc(Cl)cc1. The van der Waals surface area contributed by atoms with Crippen molar-refractivity contribution in [3.63, 3.8) is 0 Å². The Morgan fingerprint density at radius 1 is 1.10 bits per heavy atom. The summed E-state index contributed by atoms with van der Waals surface area (Å²) in [5.74, 6) is -1.09. The van der Waals surface area contributed by atoms with Crippen molar-refractivity contribution < 1.29 is 14.8 Å². The molecule has 0 aliphatic rings. The van der Waals surface area contributed by atoms with Gasteiger partial charge in [-0.25, -0.2) is 4.79 Å². The Morgan fingerprint density at radius 3 is 2.14 bits per heavy atom. The van der Waals surface area contributed by atoms with E-state index in [9.17, 15) is 20.0 Å². The second kappa shape index (κ2) is 6.19. The number of non-ortho nitro benzene ring substituents is 1. The lowest BCUT2D eigenvalue weighted by Gasteiger charge is -2.03. The molecule has 0 saturated heterocycles. The number of benzene rings is 2. The van der Waals surface area contributed by atoms with E-state index in [2.05, 4.69) is 0 Å². The molecule has 2 rings (SSSR count). The second-order valence-electron chi connectivity index (χ2n) is 4.22. The van der Waals surface area contributed by atoms with Crippen molar-refractivity contribution >= 4 is 34.9 Å². The minimum atomic E-state index is -1.09. The van der Waals surface area contributed by atoms with Crippen molar-refractivity contribution in [1.29, 1.82) is 0 Å². The van der Waals surface area contributed by atoms with Gasteiger partial charge < -0.3 is 5.11 Å². The Bertz CT molecular complexity index is 705. The molecule has 0 radical (unpaired) electrons. The number of carbonyl (C=O) groups is 1. The lowest BCUT2D eigenvalue weighted by Crippen LogP contribution is -1.99. The summed E-state index contributed by atoms with van der Waals surface area (Å²) in [6.07, 6.45) is 1.45. The monoisotopic (exact) mass is 303 g/mol. The first kappa shape index (κ1) is 14.7. The van der Waals surface area contributed by atoms with E-state index in [1.807, 2.05) is 0 Å². The molecule has 0 amide bonds. The van der Waals surface area contributed by atoms with Crippen LogP contribution in [-0.2, 0) is 4.79 Å². The maximum Gasteiger partial charge on any atom is 0.336 e. The summed E-state index contributed by atoms with van der Waals surface area (Å²) in [5.41, 5.74) is 1.11. The molecule has 1 N–H and O–H groups in total. The molecule has 0 heterocycles. The van der Waals surface area contributed by atoms with Crippen LogP contribution in [-0.4, -0.2) is 16.0 Å². The number of hydrogen-bond donors (Lipinski definition) is 1. The van der Waals surface area contributed by atoms with Crippen molar-refractivity contribution in [2.75, 3.05) is 0 Å². The molecule has 0 atom stereocenters. The number of hydrogen-bond acceptors (Lipinski definition) is 3. The van der Waals surface area contributed by atoms with E-state index in [1.165, 1.54) is 30.3 Å². The minimum Gasteiger partial charge on any atom is -0.478 e. The topological polar surface area (TPSA) is 80.4 Å². The van der Waals surface area contributed by atoms with Crippen LogP contribution >= 0.6 is 11.6 Å². The molecule has 6 heteroatoms. The molecule has 106 valence electrons. The summed E-state index contributed by atoms with van der Waals surface area (Å²) >= 11 is 5.77. The van der Waals surface area contributed by atoms with Crippen LogP contribution in [0.5, 0.6) is 0 Å².